The fourth-order valence-corrected chi connectivity index (χ4v) is 2.23. The van der Waals surface area contributed by atoms with E-state index in [0.717, 1.165) is 27.7 Å². The highest BCUT2D eigenvalue weighted by Crippen LogP contribution is 2.20. The van der Waals surface area contributed by atoms with Crippen LogP contribution in [-0.2, 0) is 6.54 Å². The zero-order chi connectivity index (χ0) is 10.6. The molecule has 0 aliphatic carbocycles. The zero-order valence-electron chi connectivity index (χ0n) is 8.00. The lowest BCUT2D eigenvalue weighted by atomic mass is 10.3. The van der Waals surface area contributed by atoms with Crippen molar-refractivity contribution in [1.82, 2.24) is 9.88 Å². The van der Waals surface area contributed by atoms with Crippen LogP contribution in [0.5, 0.6) is 0 Å². The molecule has 0 fully saturated rings. The van der Waals surface area contributed by atoms with Gasteiger partial charge in [-0.1, -0.05) is 0 Å². The molecular weight excluding hydrogens is 310 g/mol. The van der Waals surface area contributed by atoms with Crippen LogP contribution in [0.25, 0.3) is 0 Å². The minimum absolute atomic E-state index is 0.671. The summed E-state index contributed by atoms with van der Waals surface area (Å²) in [5.41, 5.74) is 6.50. The molecule has 0 saturated heterocycles. The molecule has 1 aromatic heterocycles. The van der Waals surface area contributed by atoms with Crippen molar-refractivity contribution >= 4 is 31.9 Å². The third-order valence-corrected chi connectivity index (χ3v) is 2.93. The van der Waals surface area contributed by atoms with Gasteiger partial charge in [-0.25, -0.2) is 0 Å². The van der Waals surface area contributed by atoms with Gasteiger partial charge in [0.1, 0.15) is 0 Å². The average Bonchev–Trinajstić information content (AvgIpc) is 2.10. The summed E-state index contributed by atoms with van der Waals surface area (Å²) in [7, 11) is 2.03. The molecule has 3 nitrogen and oxygen atoms in total. The topological polar surface area (TPSA) is 42.1 Å². The van der Waals surface area contributed by atoms with Gasteiger partial charge >= 0.3 is 0 Å². The Kier molecular flexibility index (Phi) is 5.01. The molecule has 2 N–H and O–H groups in total. The lowest BCUT2D eigenvalue weighted by Gasteiger charge is -2.15. The molecule has 0 spiro atoms. The van der Waals surface area contributed by atoms with Crippen LogP contribution in [0.1, 0.15) is 5.69 Å². The van der Waals surface area contributed by atoms with Crippen molar-refractivity contribution in [2.45, 2.75) is 6.54 Å². The van der Waals surface area contributed by atoms with Crippen LogP contribution in [0.3, 0.4) is 0 Å². The molecule has 0 saturated carbocycles. The van der Waals surface area contributed by atoms with Gasteiger partial charge in [0.05, 0.1) is 5.69 Å². The van der Waals surface area contributed by atoms with Crippen molar-refractivity contribution in [3.63, 3.8) is 0 Å². The normalized spacial score (nSPS) is 10.9. The van der Waals surface area contributed by atoms with Gasteiger partial charge in [-0.3, -0.25) is 9.88 Å². The summed E-state index contributed by atoms with van der Waals surface area (Å²) in [5, 5.41) is 0. The summed E-state index contributed by atoms with van der Waals surface area (Å²) in [6, 6.07) is 2.00. The van der Waals surface area contributed by atoms with Crippen LogP contribution in [0.4, 0.5) is 0 Å². The fraction of sp³-hybridized carbons (Fsp3) is 0.444. The maximum atomic E-state index is 5.46. The van der Waals surface area contributed by atoms with Crippen molar-refractivity contribution in [2.75, 3.05) is 20.1 Å². The average molecular weight is 323 g/mol. The Morgan fingerprint density at radius 2 is 2.21 bits per heavy atom. The maximum absolute atomic E-state index is 5.46. The summed E-state index contributed by atoms with van der Waals surface area (Å²) >= 11 is 6.84. The second kappa shape index (κ2) is 5.80. The summed E-state index contributed by atoms with van der Waals surface area (Å²) in [6.45, 7) is 2.36. The second-order valence-corrected chi connectivity index (χ2v) is 4.88. The molecule has 0 aliphatic heterocycles. The zero-order valence-corrected chi connectivity index (χ0v) is 11.2. The third kappa shape index (κ3) is 3.65. The van der Waals surface area contributed by atoms with Crippen LogP contribution in [-0.4, -0.2) is 30.0 Å². The van der Waals surface area contributed by atoms with Gasteiger partial charge in [0, 0.05) is 34.8 Å². The van der Waals surface area contributed by atoms with Crippen LogP contribution in [0.2, 0.25) is 0 Å². The van der Waals surface area contributed by atoms with Crippen molar-refractivity contribution in [2.24, 2.45) is 5.73 Å². The standard InChI is InChI=1S/C9H13Br2N3/c1-14(3-2-12)6-9-8(11)4-7(10)5-13-9/h4-5H,2-3,6,12H2,1H3. The Morgan fingerprint density at radius 1 is 1.50 bits per heavy atom. The lowest BCUT2D eigenvalue weighted by Crippen LogP contribution is -2.25. The Hall–Kier alpha value is 0.0300. The van der Waals surface area contributed by atoms with E-state index >= 15 is 0 Å². The third-order valence-electron chi connectivity index (χ3n) is 1.81. The number of halogens is 2. The van der Waals surface area contributed by atoms with Gasteiger partial charge < -0.3 is 5.73 Å². The molecule has 0 unspecified atom stereocenters. The van der Waals surface area contributed by atoms with E-state index in [2.05, 4.69) is 41.7 Å². The number of hydrogen-bond donors (Lipinski definition) is 1. The predicted molar refractivity (Wildman–Crippen MR) is 65.0 cm³/mol. The van der Waals surface area contributed by atoms with Gasteiger partial charge in [0.25, 0.3) is 0 Å². The highest BCUT2D eigenvalue weighted by Gasteiger charge is 2.05. The van der Waals surface area contributed by atoms with E-state index in [1.54, 1.807) is 6.20 Å². The van der Waals surface area contributed by atoms with Crippen molar-refractivity contribution in [1.29, 1.82) is 0 Å². The SMILES string of the molecule is CN(CCN)Cc1ncc(Br)cc1Br. The number of rotatable bonds is 4. The number of nitrogens with two attached hydrogens (primary N) is 1. The van der Waals surface area contributed by atoms with E-state index in [0.29, 0.717) is 6.54 Å². The van der Waals surface area contributed by atoms with Crippen LogP contribution < -0.4 is 5.73 Å². The molecule has 78 valence electrons. The van der Waals surface area contributed by atoms with Crippen LogP contribution >= 0.6 is 31.9 Å². The van der Waals surface area contributed by atoms with Gasteiger partial charge in [0.2, 0.25) is 0 Å². The fourth-order valence-electron chi connectivity index (χ4n) is 1.11. The largest absolute Gasteiger partial charge is 0.329 e. The molecule has 1 rings (SSSR count). The minimum atomic E-state index is 0.671. The molecule has 0 bridgehead atoms. The van der Waals surface area contributed by atoms with Gasteiger partial charge in [-0.05, 0) is 45.0 Å². The first-order chi connectivity index (χ1) is 6.63. The Balaban J connectivity index is 2.67. The molecular formula is C9H13Br2N3. The molecule has 0 aliphatic rings. The number of pyridine rings is 1. The summed E-state index contributed by atoms with van der Waals surface area (Å²) in [4.78, 5) is 6.46. The van der Waals surface area contributed by atoms with Crippen molar-refractivity contribution < 1.29 is 0 Å². The highest BCUT2D eigenvalue weighted by atomic mass is 79.9. The van der Waals surface area contributed by atoms with Crippen LogP contribution in [0, 0.1) is 0 Å². The molecule has 1 aromatic rings. The molecule has 0 atom stereocenters. The van der Waals surface area contributed by atoms with Gasteiger partial charge in [0.15, 0.2) is 0 Å². The molecule has 14 heavy (non-hydrogen) atoms. The van der Waals surface area contributed by atoms with E-state index in [1.807, 2.05) is 13.1 Å². The smallest absolute Gasteiger partial charge is 0.0686 e. The monoisotopic (exact) mass is 321 g/mol. The van der Waals surface area contributed by atoms with Gasteiger partial charge in [-0.15, -0.1) is 0 Å². The molecule has 0 amide bonds. The first-order valence-electron chi connectivity index (χ1n) is 4.32. The maximum Gasteiger partial charge on any atom is 0.0686 e. The Morgan fingerprint density at radius 3 is 2.79 bits per heavy atom. The van der Waals surface area contributed by atoms with Gasteiger partial charge in [-0.2, -0.15) is 0 Å². The number of nitrogens with zero attached hydrogens (tertiary/aromatic N) is 2. The van der Waals surface area contributed by atoms with E-state index < -0.39 is 0 Å². The molecule has 0 radical (unpaired) electrons. The van der Waals surface area contributed by atoms with E-state index in [9.17, 15) is 0 Å². The number of aromatic nitrogens is 1. The quantitative estimate of drug-likeness (QED) is 0.922. The number of likely N-dealkylation sites (N-methyl/N-ethyl adjacent to an activating group) is 1. The molecule has 0 aromatic carbocycles. The lowest BCUT2D eigenvalue weighted by molar-refractivity contribution is 0.331. The Labute approximate surface area is 101 Å². The highest BCUT2D eigenvalue weighted by molar-refractivity contribution is 9.11. The van der Waals surface area contributed by atoms with Crippen molar-refractivity contribution in [3.05, 3.63) is 26.9 Å². The van der Waals surface area contributed by atoms with Crippen LogP contribution in [0.15, 0.2) is 21.2 Å². The first-order valence-corrected chi connectivity index (χ1v) is 5.90. The summed E-state index contributed by atoms with van der Waals surface area (Å²) in [5.74, 6) is 0. The molecule has 5 heteroatoms. The number of hydrogen-bond acceptors (Lipinski definition) is 3. The van der Waals surface area contributed by atoms with E-state index in [-0.39, 0.29) is 0 Å². The minimum Gasteiger partial charge on any atom is -0.329 e. The Bertz CT molecular complexity index is 304. The summed E-state index contributed by atoms with van der Waals surface area (Å²) < 4.78 is 2.00. The first kappa shape index (κ1) is 12.1. The van der Waals surface area contributed by atoms with Crippen molar-refractivity contribution in [3.8, 4) is 0 Å². The second-order valence-electron chi connectivity index (χ2n) is 3.11. The molecule has 1 heterocycles. The van der Waals surface area contributed by atoms with E-state index in [1.165, 1.54) is 0 Å². The predicted octanol–water partition coefficient (Wildman–Crippen LogP) is 2.00. The summed E-state index contributed by atoms with van der Waals surface area (Å²) in [6.07, 6.45) is 1.80. The van der Waals surface area contributed by atoms with E-state index in [4.69, 9.17) is 5.73 Å².